The van der Waals surface area contributed by atoms with Gasteiger partial charge in [-0.3, -0.25) is 9.78 Å². The first kappa shape index (κ1) is 21.4. The average Bonchev–Trinajstić information content (AvgIpc) is 3.37. The van der Waals surface area contributed by atoms with Gasteiger partial charge in [0.2, 0.25) is 0 Å². The molecular formula is C23H19F4N5O. The summed E-state index contributed by atoms with van der Waals surface area (Å²) in [6.45, 7) is 0. The van der Waals surface area contributed by atoms with Crippen molar-refractivity contribution in [2.45, 2.75) is 43.9 Å². The number of rotatable bonds is 4. The van der Waals surface area contributed by atoms with Crippen molar-refractivity contribution in [2.75, 3.05) is 0 Å². The molecule has 2 fully saturated rings. The number of hydrogen-bond donors (Lipinski definition) is 0. The van der Waals surface area contributed by atoms with Gasteiger partial charge in [0.05, 0.1) is 17.5 Å². The van der Waals surface area contributed by atoms with Gasteiger partial charge in [-0.05, 0) is 55.9 Å². The topological polar surface area (TPSA) is 71.9 Å². The Morgan fingerprint density at radius 3 is 2.55 bits per heavy atom. The van der Waals surface area contributed by atoms with Crippen molar-refractivity contribution in [2.24, 2.45) is 5.92 Å². The van der Waals surface area contributed by atoms with Crippen molar-refractivity contribution >= 4 is 5.91 Å². The number of halogens is 4. The quantitative estimate of drug-likeness (QED) is 0.546. The Morgan fingerprint density at radius 2 is 1.85 bits per heavy atom. The van der Waals surface area contributed by atoms with E-state index < -0.39 is 17.7 Å². The van der Waals surface area contributed by atoms with Crippen LogP contribution in [-0.4, -0.2) is 42.8 Å². The Kier molecular flexibility index (Phi) is 5.30. The summed E-state index contributed by atoms with van der Waals surface area (Å²) < 4.78 is 52.2. The van der Waals surface area contributed by atoms with Gasteiger partial charge in [-0.15, -0.1) is 0 Å². The van der Waals surface area contributed by atoms with Gasteiger partial charge in [0, 0.05) is 36.2 Å². The van der Waals surface area contributed by atoms with Crippen LogP contribution >= 0.6 is 0 Å². The molecule has 4 heterocycles. The number of carbonyl (C=O) groups excluding carboxylic acids is 1. The summed E-state index contributed by atoms with van der Waals surface area (Å²) in [6, 6.07) is 5.55. The van der Waals surface area contributed by atoms with Crippen molar-refractivity contribution in [3.8, 4) is 11.4 Å². The number of aromatic nitrogens is 4. The van der Waals surface area contributed by atoms with E-state index in [1.807, 2.05) is 4.90 Å². The van der Waals surface area contributed by atoms with Crippen LogP contribution in [-0.2, 0) is 12.6 Å². The minimum Gasteiger partial charge on any atom is -0.332 e. The van der Waals surface area contributed by atoms with E-state index in [0.29, 0.717) is 23.2 Å². The van der Waals surface area contributed by atoms with Crippen molar-refractivity contribution in [1.29, 1.82) is 0 Å². The van der Waals surface area contributed by atoms with E-state index in [9.17, 15) is 22.4 Å². The molecule has 0 aliphatic carbocycles. The minimum atomic E-state index is -4.53. The molecule has 0 N–H and O–H groups in total. The fraction of sp³-hybridized carbons (Fsp3) is 0.348. The second-order valence-corrected chi connectivity index (χ2v) is 8.36. The first-order valence-corrected chi connectivity index (χ1v) is 10.6. The van der Waals surface area contributed by atoms with Crippen LogP contribution in [0.3, 0.4) is 0 Å². The lowest BCUT2D eigenvalue weighted by atomic mass is 9.86. The Balaban J connectivity index is 1.38. The first-order chi connectivity index (χ1) is 15.8. The van der Waals surface area contributed by atoms with Crippen molar-refractivity contribution in [3.63, 3.8) is 0 Å². The Bertz CT molecular complexity index is 1170. The van der Waals surface area contributed by atoms with Gasteiger partial charge in [-0.1, -0.05) is 0 Å². The number of fused-ring (bicyclic) bond motifs is 2. The second kappa shape index (κ2) is 8.17. The highest BCUT2D eigenvalue weighted by Gasteiger charge is 2.49. The monoisotopic (exact) mass is 457 g/mol. The third-order valence-electron chi connectivity index (χ3n) is 6.39. The smallest absolute Gasteiger partial charge is 0.332 e. The molecule has 1 aromatic carbocycles. The van der Waals surface area contributed by atoms with Crippen LogP contribution in [0.4, 0.5) is 17.6 Å². The summed E-state index contributed by atoms with van der Waals surface area (Å²) in [5.41, 5.74) is 0.0996. The zero-order valence-electron chi connectivity index (χ0n) is 17.3. The van der Waals surface area contributed by atoms with Crippen LogP contribution in [0.25, 0.3) is 11.4 Å². The number of carbonyl (C=O) groups is 1. The third kappa shape index (κ3) is 4.05. The number of hydrogen-bond acceptors (Lipinski definition) is 5. The summed E-state index contributed by atoms with van der Waals surface area (Å²) in [6.07, 6.45) is 3.26. The Morgan fingerprint density at radius 1 is 1.06 bits per heavy atom. The molecule has 3 unspecified atom stereocenters. The summed E-state index contributed by atoms with van der Waals surface area (Å²) >= 11 is 0. The molecule has 10 heteroatoms. The van der Waals surface area contributed by atoms with E-state index in [1.165, 1.54) is 30.6 Å². The lowest BCUT2D eigenvalue weighted by Crippen LogP contribution is -2.37. The number of alkyl halides is 3. The fourth-order valence-electron chi connectivity index (χ4n) is 4.99. The molecule has 1 amide bonds. The molecule has 0 saturated carbocycles. The number of nitrogens with zero attached hydrogens (tertiary/aromatic N) is 5. The fourth-order valence-corrected chi connectivity index (χ4v) is 4.99. The van der Waals surface area contributed by atoms with E-state index in [4.69, 9.17) is 0 Å². The zero-order valence-corrected chi connectivity index (χ0v) is 17.3. The minimum absolute atomic E-state index is 0.0181. The van der Waals surface area contributed by atoms with Crippen LogP contribution in [0.1, 0.15) is 41.0 Å². The van der Waals surface area contributed by atoms with Crippen LogP contribution in [0.2, 0.25) is 0 Å². The molecule has 170 valence electrons. The van der Waals surface area contributed by atoms with Crippen molar-refractivity contribution in [1.82, 2.24) is 24.8 Å². The summed E-state index contributed by atoms with van der Waals surface area (Å²) in [5.74, 6) is -0.373. The molecule has 0 radical (unpaired) electrons. The largest absolute Gasteiger partial charge is 0.434 e. The summed E-state index contributed by atoms with van der Waals surface area (Å²) in [7, 11) is 0. The van der Waals surface area contributed by atoms with Crippen LogP contribution in [0, 0.1) is 11.7 Å². The number of amides is 1. The summed E-state index contributed by atoms with van der Waals surface area (Å²) in [4.78, 5) is 31.2. The molecule has 2 aliphatic heterocycles. The van der Waals surface area contributed by atoms with E-state index in [1.54, 1.807) is 6.07 Å². The predicted molar refractivity (Wildman–Crippen MR) is 109 cm³/mol. The summed E-state index contributed by atoms with van der Waals surface area (Å²) in [5, 5.41) is 0. The molecule has 2 aromatic heterocycles. The van der Waals surface area contributed by atoms with Gasteiger partial charge >= 0.3 is 6.18 Å². The van der Waals surface area contributed by atoms with Gasteiger partial charge in [-0.2, -0.15) is 13.2 Å². The maximum atomic E-state index is 14.0. The Hall–Kier alpha value is -3.43. The van der Waals surface area contributed by atoms with E-state index in [2.05, 4.69) is 19.9 Å². The molecule has 5 rings (SSSR count). The average molecular weight is 457 g/mol. The van der Waals surface area contributed by atoms with E-state index in [-0.39, 0.29) is 29.7 Å². The normalized spacial score (nSPS) is 22.1. The maximum Gasteiger partial charge on any atom is 0.434 e. The molecule has 2 aliphatic rings. The molecule has 2 saturated heterocycles. The highest BCUT2D eigenvalue weighted by Crippen LogP contribution is 2.44. The van der Waals surface area contributed by atoms with E-state index in [0.717, 1.165) is 31.7 Å². The standard InChI is InChI=1S/C23H19F4N5O/c24-14-2-4-17(18(10-14)21-28-6-1-7-29-21)22(33)32-16-3-5-19(32)13(9-16)8-15-11-31-20(12-30-15)23(25,26)27/h1-2,4,6-7,10-13,16,19H,3,5,8-9H2. The lowest BCUT2D eigenvalue weighted by Gasteiger charge is -2.25. The van der Waals surface area contributed by atoms with Crippen LogP contribution in [0.15, 0.2) is 49.1 Å². The second-order valence-electron chi connectivity index (χ2n) is 8.36. The van der Waals surface area contributed by atoms with E-state index >= 15 is 0 Å². The van der Waals surface area contributed by atoms with Crippen molar-refractivity contribution < 1.29 is 22.4 Å². The lowest BCUT2D eigenvalue weighted by molar-refractivity contribution is -0.141. The van der Waals surface area contributed by atoms with Gasteiger partial charge < -0.3 is 4.90 Å². The van der Waals surface area contributed by atoms with Crippen molar-refractivity contribution in [3.05, 3.63) is 71.8 Å². The highest BCUT2D eigenvalue weighted by molar-refractivity contribution is 6.00. The zero-order chi connectivity index (χ0) is 23.2. The van der Waals surface area contributed by atoms with Gasteiger partial charge in [-0.25, -0.2) is 19.3 Å². The molecular weight excluding hydrogens is 438 g/mol. The molecule has 2 bridgehead atoms. The van der Waals surface area contributed by atoms with Gasteiger partial charge in [0.25, 0.3) is 5.91 Å². The molecule has 6 nitrogen and oxygen atoms in total. The molecule has 3 atom stereocenters. The van der Waals surface area contributed by atoms with Gasteiger partial charge in [0.15, 0.2) is 11.5 Å². The first-order valence-electron chi connectivity index (χ1n) is 10.6. The SMILES string of the molecule is O=C(c1ccc(F)cc1-c1ncccn1)N1C2CCC1C(Cc1cnc(C(F)(F)F)cn1)C2. The Labute approximate surface area is 186 Å². The number of benzene rings is 1. The molecule has 0 spiro atoms. The van der Waals surface area contributed by atoms with Crippen LogP contribution < -0.4 is 0 Å². The highest BCUT2D eigenvalue weighted by atomic mass is 19.4. The molecule has 3 aromatic rings. The molecule has 33 heavy (non-hydrogen) atoms. The third-order valence-corrected chi connectivity index (χ3v) is 6.39. The predicted octanol–water partition coefficient (Wildman–Crippen LogP) is 4.33. The van der Waals surface area contributed by atoms with Crippen LogP contribution in [0.5, 0.6) is 0 Å². The maximum absolute atomic E-state index is 14.0. The van der Waals surface area contributed by atoms with Gasteiger partial charge in [0.1, 0.15) is 5.82 Å².